The quantitative estimate of drug-likeness (QED) is 0.323. The number of nitrogens with one attached hydrogen (secondary N) is 1. The Labute approximate surface area is 168 Å². The molecule has 0 spiro atoms. The average Bonchev–Trinajstić information content (AvgIpc) is 2.75. The third-order valence-corrected chi connectivity index (χ3v) is 3.98. The summed E-state index contributed by atoms with van der Waals surface area (Å²) in [6.07, 6.45) is 8.98. The molecule has 2 aromatic carbocycles. The van der Waals surface area contributed by atoms with Crippen molar-refractivity contribution < 1.29 is 19.1 Å². The summed E-state index contributed by atoms with van der Waals surface area (Å²) >= 11 is 0. The van der Waals surface area contributed by atoms with Crippen LogP contribution in [0.25, 0.3) is 10.9 Å². The highest BCUT2D eigenvalue weighted by atomic mass is 16.5. The number of rotatable bonds is 10. The first-order valence-corrected chi connectivity index (χ1v) is 9.00. The fraction of sp³-hybridized carbons (Fsp3) is 0.182. The van der Waals surface area contributed by atoms with Crippen molar-refractivity contribution in [3.8, 4) is 23.8 Å². The Morgan fingerprint density at radius 2 is 1.72 bits per heavy atom. The molecule has 0 saturated heterocycles. The molecule has 1 heterocycles. The monoisotopic (exact) mass is 389 g/mol. The summed E-state index contributed by atoms with van der Waals surface area (Å²) in [5, 5.41) is 3.95. The predicted octanol–water partition coefficient (Wildman–Crippen LogP) is 3.29. The van der Waals surface area contributed by atoms with Gasteiger partial charge in [-0.1, -0.05) is 12.0 Å². The van der Waals surface area contributed by atoms with Crippen LogP contribution in [0.4, 0.5) is 11.5 Å². The van der Waals surface area contributed by atoms with Crippen LogP contribution in [0.1, 0.15) is 18.4 Å². The molecule has 29 heavy (non-hydrogen) atoms. The molecule has 3 rings (SSSR count). The summed E-state index contributed by atoms with van der Waals surface area (Å²) < 4.78 is 11.4. The van der Waals surface area contributed by atoms with Gasteiger partial charge in [-0.25, -0.2) is 9.97 Å². The van der Waals surface area contributed by atoms with E-state index in [1.165, 1.54) is 6.33 Å². The molecule has 1 aromatic heterocycles. The molecule has 0 fully saturated rings. The molecule has 0 atom stereocenters. The van der Waals surface area contributed by atoms with Crippen LogP contribution < -0.4 is 14.8 Å². The SMILES string of the molecule is C#Cc1cccc(Nc2ncnc3cc(OCCC=O)c(OCCC=O)cc23)c1. The zero-order chi connectivity index (χ0) is 20.5. The Morgan fingerprint density at radius 3 is 2.41 bits per heavy atom. The Bertz CT molecular complexity index is 1060. The minimum absolute atomic E-state index is 0.208. The molecule has 0 saturated carbocycles. The molecular formula is C22H19N3O4. The van der Waals surface area contributed by atoms with Crippen LogP contribution in [-0.4, -0.2) is 35.8 Å². The zero-order valence-corrected chi connectivity index (χ0v) is 15.6. The molecule has 0 aliphatic heterocycles. The van der Waals surface area contributed by atoms with Gasteiger partial charge in [0.25, 0.3) is 0 Å². The van der Waals surface area contributed by atoms with Crippen LogP contribution in [0.3, 0.4) is 0 Å². The van der Waals surface area contributed by atoms with Crippen molar-refractivity contribution in [3.63, 3.8) is 0 Å². The van der Waals surface area contributed by atoms with E-state index < -0.39 is 0 Å². The van der Waals surface area contributed by atoms with E-state index >= 15 is 0 Å². The number of aldehydes is 2. The highest BCUT2D eigenvalue weighted by Crippen LogP contribution is 2.35. The van der Waals surface area contributed by atoms with Gasteiger partial charge in [-0.15, -0.1) is 6.42 Å². The van der Waals surface area contributed by atoms with Gasteiger partial charge in [0.1, 0.15) is 24.7 Å². The van der Waals surface area contributed by atoms with Gasteiger partial charge in [0.2, 0.25) is 0 Å². The van der Waals surface area contributed by atoms with E-state index in [-0.39, 0.29) is 26.1 Å². The number of nitrogens with zero attached hydrogens (tertiary/aromatic N) is 2. The molecule has 7 heteroatoms. The smallest absolute Gasteiger partial charge is 0.163 e. The maximum atomic E-state index is 10.6. The van der Waals surface area contributed by atoms with E-state index in [9.17, 15) is 9.59 Å². The minimum atomic E-state index is 0.208. The van der Waals surface area contributed by atoms with Crippen molar-refractivity contribution >= 4 is 35.0 Å². The number of terminal acetylenes is 1. The first-order chi connectivity index (χ1) is 14.2. The van der Waals surface area contributed by atoms with Crippen LogP contribution in [-0.2, 0) is 9.59 Å². The van der Waals surface area contributed by atoms with Crippen molar-refractivity contribution in [1.29, 1.82) is 0 Å². The maximum Gasteiger partial charge on any atom is 0.163 e. The number of anilines is 2. The number of aromatic nitrogens is 2. The van der Waals surface area contributed by atoms with Crippen LogP contribution >= 0.6 is 0 Å². The summed E-state index contributed by atoms with van der Waals surface area (Å²) in [5.41, 5.74) is 2.17. The van der Waals surface area contributed by atoms with Gasteiger partial charge in [-0.05, 0) is 24.3 Å². The van der Waals surface area contributed by atoms with Crippen LogP contribution in [0.2, 0.25) is 0 Å². The zero-order valence-electron chi connectivity index (χ0n) is 15.6. The predicted molar refractivity (Wildman–Crippen MR) is 110 cm³/mol. The number of ether oxygens (including phenoxy) is 2. The maximum absolute atomic E-state index is 10.6. The van der Waals surface area contributed by atoms with Gasteiger partial charge < -0.3 is 24.4 Å². The number of carbonyl (C=O) groups excluding carboxylic acids is 2. The summed E-state index contributed by atoms with van der Waals surface area (Å²) in [6, 6.07) is 10.9. The summed E-state index contributed by atoms with van der Waals surface area (Å²) in [7, 11) is 0. The van der Waals surface area contributed by atoms with Gasteiger partial charge >= 0.3 is 0 Å². The van der Waals surface area contributed by atoms with E-state index in [1.54, 1.807) is 12.1 Å². The van der Waals surface area contributed by atoms with E-state index in [0.717, 1.165) is 23.8 Å². The first-order valence-electron chi connectivity index (χ1n) is 9.00. The summed E-state index contributed by atoms with van der Waals surface area (Å²) in [5.74, 6) is 4.06. The second-order valence-corrected chi connectivity index (χ2v) is 6.00. The van der Waals surface area contributed by atoms with Crippen molar-refractivity contribution in [1.82, 2.24) is 9.97 Å². The lowest BCUT2D eigenvalue weighted by atomic mass is 10.2. The Morgan fingerprint density at radius 1 is 1.00 bits per heavy atom. The largest absolute Gasteiger partial charge is 0.489 e. The van der Waals surface area contributed by atoms with Gasteiger partial charge in [-0.3, -0.25) is 0 Å². The number of benzene rings is 2. The van der Waals surface area contributed by atoms with Crippen LogP contribution in [0.5, 0.6) is 11.5 Å². The third kappa shape index (κ3) is 5.08. The number of hydrogen-bond donors (Lipinski definition) is 1. The van der Waals surface area contributed by atoms with Gasteiger partial charge in [0.05, 0.1) is 18.7 Å². The first kappa shape index (κ1) is 19.8. The van der Waals surface area contributed by atoms with E-state index in [0.29, 0.717) is 28.2 Å². The van der Waals surface area contributed by atoms with E-state index in [4.69, 9.17) is 15.9 Å². The van der Waals surface area contributed by atoms with Crippen molar-refractivity contribution in [2.75, 3.05) is 18.5 Å². The molecular weight excluding hydrogens is 370 g/mol. The van der Waals surface area contributed by atoms with Crippen LogP contribution in [0.15, 0.2) is 42.7 Å². The fourth-order valence-corrected chi connectivity index (χ4v) is 2.65. The van der Waals surface area contributed by atoms with Gasteiger partial charge in [0, 0.05) is 35.5 Å². The van der Waals surface area contributed by atoms with Gasteiger partial charge in [0.15, 0.2) is 11.5 Å². The highest BCUT2D eigenvalue weighted by molar-refractivity contribution is 5.93. The second kappa shape index (κ2) is 9.85. The Hall–Kier alpha value is -3.92. The average molecular weight is 389 g/mol. The molecule has 0 aliphatic carbocycles. The Balaban J connectivity index is 1.98. The molecule has 1 N–H and O–H groups in total. The highest BCUT2D eigenvalue weighted by Gasteiger charge is 2.13. The molecule has 146 valence electrons. The molecule has 0 amide bonds. The van der Waals surface area contributed by atoms with Gasteiger partial charge in [-0.2, -0.15) is 0 Å². The molecule has 7 nitrogen and oxygen atoms in total. The standard InChI is InChI=1S/C22H19N3O4/c1-2-16-6-3-7-17(12-16)25-22-18-13-20(28-10-4-8-26)21(29-11-5-9-27)14-19(18)23-15-24-22/h1,3,6-9,12-15H,4-5,10-11H2,(H,23,24,25). The fourth-order valence-electron chi connectivity index (χ4n) is 2.65. The minimum Gasteiger partial charge on any atom is -0.489 e. The summed E-state index contributed by atoms with van der Waals surface area (Å²) in [6.45, 7) is 0.424. The molecule has 0 radical (unpaired) electrons. The normalized spacial score (nSPS) is 10.2. The lowest BCUT2D eigenvalue weighted by molar-refractivity contribution is -0.109. The van der Waals surface area contributed by atoms with Crippen molar-refractivity contribution in [2.45, 2.75) is 12.8 Å². The number of fused-ring (bicyclic) bond motifs is 1. The Kier molecular flexibility index (Phi) is 6.74. The molecule has 3 aromatic rings. The third-order valence-electron chi connectivity index (χ3n) is 3.98. The van der Waals surface area contributed by atoms with Crippen molar-refractivity contribution in [3.05, 3.63) is 48.3 Å². The second-order valence-electron chi connectivity index (χ2n) is 6.00. The van der Waals surface area contributed by atoms with E-state index in [1.807, 2.05) is 24.3 Å². The lowest BCUT2D eigenvalue weighted by Gasteiger charge is -2.14. The van der Waals surface area contributed by atoms with E-state index in [2.05, 4.69) is 21.2 Å². The summed E-state index contributed by atoms with van der Waals surface area (Å²) in [4.78, 5) is 29.8. The molecule has 0 unspecified atom stereocenters. The lowest BCUT2D eigenvalue weighted by Crippen LogP contribution is -2.04. The molecule has 0 bridgehead atoms. The topological polar surface area (TPSA) is 90.4 Å². The molecule has 0 aliphatic rings. The van der Waals surface area contributed by atoms with Crippen LogP contribution in [0, 0.1) is 12.3 Å². The number of hydrogen-bond acceptors (Lipinski definition) is 7. The number of carbonyl (C=O) groups is 2. The van der Waals surface area contributed by atoms with Crippen molar-refractivity contribution in [2.24, 2.45) is 0 Å².